The molecular formula is C24H35N3O8. The summed E-state index contributed by atoms with van der Waals surface area (Å²) in [5.74, 6) is -0.139. The van der Waals surface area contributed by atoms with Crippen LogP contribution in [0.5, 0.6) is 5.75 Å². The third-order valence-corrected chi connectivity index (χ3v) is 5.86. The summed E-state index contributed by atoms with van der Waals surface area (Å²) in [6.07, 6.45) is -4.05. The van der Waals surface area contributed by atoms with Gasteiger partial charge in [0.2, 0.25) is 0 Å². The molecular weight excluding hydrogens is 458 g/mol. The molecule has 0 radical (unpaired) electrons. The van der Waals surface area contributed by atoms with Crippen LogP contribution in [0.1, 0.15) is 50.6 Å². The van der Waals surface area contributed by atoms with Crippen LogP contribution < -0.4 is 4.74 Å². The predicted molar refractivity (Wildman–Crippen MR) is 123 cm³/mol. The topological polar surface area (TPSA) is 156 Å². The molecule has 5 atom stereocenters. The number of carbonyl (C=O) groups excluding carboxylic acids is 1. The minimum absolute atomic E-state index is 0.0192. The Morgan fingerprint density at radius 1 is 1.09 bits per heavy atom. The number of esters is 1. The van der Waals surface area contributed by atoms with Crippen LogP contribution in [0.3, 0.4) is 0 Å². The summed E-state index contributed by atoms with van der Waals surface area (Å²) in [4.78, 5) is 12.0. The summed E-state index contributed by atoms with van der Waals surface area (Å²) < 4.78 is 18.7. The smallest absolute Gasteiger partial charge is 0.308 e. The van der Waals surface area contributed by atoms with Crippen LogP contribution in [0.25, 0.3) is 0 Å². The van der Waals surface area contributed by atoms with Crippen molar-refractivity contribution in [3.8, 4) is 5.75 Å². The van der Waals surface area contributed by atoms with E-state index in [-0.39, 0.29) is 37.6 Å². The van der Waals surface area contributed by atoms with Gasteiger partial charge in [-0.1, -0.05) is 31.2 Å². The van der Waals surface area contributed by atoms with Crippen molar-refractivity contribution in [1.29, 1.82) is 0 Å². The second kappa shape index (κ2) is 11.9. The van der Waals surface area contributed by atoms with Crippen LogP contribution in [0.15, 0.2) is 24.4 Å². The van der Waals surface area contributed by atoms with Crippen molar-refractivity contribution in [2.45, 2.75) is 83.9 Å². The number of rotatable bonds is 10. The Morgan fingerprint density at radius 2 is 1.80 bits per heavy atom. The van der Waals surface area contributed by atoms with E-state index in [4.69, 9.17) is 14.2 Å². The lowest BCUT2D eigenvalue weighted by Crippen LogP contribution is -2.59. The van der Waals surface area contributed by atoms with E-state index < -0.39 is 37.1 Å². The molecule has 0 amide bonds. The second-order valence-electron chi connectivity index (χ2n) is 9.35. The van der Waals surface area contributed by atoms with Crippen LogP contribution in [0.4, 0.5) is 0 Å². The van der Waals surface area contributed by atoms with Crippen LogP contribution in [0.2, 0.25) is 0 Å². The Balaban J connectivity index is 1.78. The number of aliphatic hydroxyl groups excluding tert-OH is 4. The van der Waals surface area contributed by atoms with Crippen LogP contribution in [0, 0.1) is 5.92 Å². The first-order valence-electron chi connectivity index (χ1n) is 11.7. The molecule has 0 bridgehead atoms. The van der Waals surface area contributed by atoms with Crippen molar-refractivity contribution in [2.75, 3.05) is 6.61 Å². The Labute approximate surface area is 204 Å². The third-order valence-electron chi connectivity index (χ3n) is 5.86. The molecule has 1 aromatic heterocycles. The Bertz CT molecular complexity index is 977. The van der Waals surface area contributed by atoms with Crippen molar-refractivity contribution in [2.24, 2.45) is 5.92 Å². The molecule has 1 fully saturated rings. The van der Waals surface area contributed by atoms with E-state index in [1.165, 1.54) is 0 Å². The van der Waals surface area contributed by atoms with Crippen molar-refractivity contribution in [3.63, 3.8) is 0 Å². The predicted octanol–water partition coefficient (Wildman–Crippen LogP) is 0.522. The van der Waals surface area contributed by atoms with Gasteiger partial charge in [0.15, 0.2) is 0 Å². The van der Waals surface area contributed by atoms with Gasteiger partial charge in [0, 0.05) is 18.0 Å². The first-order valence-corrected chi connectivity index (χ1v) is 11.7. The largest absolute Gasteiger partial charge is 0.487 e. The number of hydrogen-bond acceptors (Lipinski definition) is 10. The van der Waals surface area contributed by atoms with Crippen LogP contribution in [-0.2, 0) is 33.9 Å². The van der Waals surface area contributed by atoms with Crippen molar-refractivity contribution in [1.82, 2.24) is 15.0 Å². The molecule has 0 aliphatic carbocycles. The third kappa shape index (κ3) is 6.77. The molecule has 11 nitrogen and oxygen atoms in total. The molecule has 3 rings (SSSR count). The van der Waals surface area contributed by atoms with Gasteiger partial charge in [0.1, 0.15) is 49.1 Å². The molecule has 11 heteroatoms. The maximum atomic E-state index is 12.0. The number of aliphatic hydroxyl groups is 4. The lowest BCUT2D eigenvalue weighted by atomic mass is 9.91. The first-order chi connectivity index (χ1) is 16.6. The molecule has 4 N–H and O–H groups in total. The zero-order valence-electron chi connectivity index (χ0n) is 20.4. The van der Waals surface area contributed by atoms with Gasteiger partial charge in [-0.15, -0.1) is 5.10 Å². The summed E-state index contributed by atoms with van der Waals surface area (Å²) in [6.45, 7) is 7.15. The maximum absolute atomic E-state index is 12.0. The minimum Gasteiger partial charge on any atom is -0.487 e. The lowest BCUT2D eigenvalue weighted by molar-refractivity contribution is -0.228. The van der Waals surface area contributed by atoms with E-state index in [2.05, 4.69) is 10.3 Å². The van der Waals surface area contributed by atoms with Crippen molar-refractivity contribution < 1.29 is 39.4 Å². The van der Waals surface area contributed by atoms with Crippen LogP contribution >= 0.6 is 0 Å². The van der Waals surface area contributed by atoms with E-state index in [0.717, 1.165) is 0 Å². The fraction of sp³-hybridized carbons (Fsp3) is 0.625. The Hall–Kier alpha value is -2.57. The quantitative estimate of drug-likeness (QED) is 0.344. The van der Waals surface area contributed by atoms with Gasteiger partial charge in [0.05, 0.1) is 24.8 Å². The first kappa shape index (κ1) is 27.0. The Kier molecular flexibility index (Phi) is 9.20. The molecule has 0 unspecified atom stereocenters. The normalized spacial score (nSPS) is 24.7. The second-order valence-corrected chi connectivity index (χ2v) is 9.35. The number of aromatic nitrogens is 3. The van der Waals surface area contributed by atoms with E-state index in [1.807, 2.05) is 13.8 Å². The number of benzene rings is 1. The maximum Gasteiger partial charge on any atom is 0.308 e. The molecule has 1 aliphatic rings. The average Bonchev–Trinajstić information content (AvgIpc) is 3.31. The molecule has 1 aliphatic heterocycles. The van der Waals surface area contributed by atoms with E-state index in [9.17, 15) is 25.2 Å². The van der Waals surface area contributed by atoms with Gasteiger partial charge >= 0.3 is 5.97 Å². The highest BCUT2D eigenvalue weighted by molar-refractivity contribution is 5.71. The van der Waals surface area contributed by atoms with Gasteiger partial charge in [-0.3, -0.25) is 4.79 Å². The molecule has 0 saturated carbocycles. The molecule has 35 heavy (non-hydrogen) atoms. The highest BCUT2D eigenvalue weighted by atomic mass is 16.5. The van der Waals surface area contributed by atoms with Crippen molar-refractivity contribution in [3.05, 3.63) is 41.2 Å². The van der Waals surface area contributed by atoms with Gasteiger partial charge in [-0.05, 0) is 25.5 Å². The zero-order valence-corrected chi connectivity index (χ0v) is 20.4. The molecule has 1 saturated heterocycles. The van der Waals surface area contributed by atoms with Gasteiger partial charge in [-0.2, -0.15) is 0 Å². The standard InChI is InChI=1S/C24H35N3O8/c1-13(2)24(32)34-11-16-6-5-15(8-19-21(29)23(31)22(30)20(10-28)35-19)7-18(16)33-12-17-9-27(14(3)4)26-25-17/h5-7,9,13-14,19-23,28-31H,8,10-12H2,1-4H3/t19-,20+,21-,22+,23+/m0/s1. The number of carbonyl (C=O) groups is 1. The van der Waals surface area contributed by atoms with Crippen molar-refractivity contribution >= 4 is 5.97 Å². The van der Waals surface area contributed by atoms with E-state index in [1.54, 1.807) is 42.9 Å². The van der Waals surface area contributed by atoms with E-state index >= 15 is 0 Å². The summed E-state index contributed by atoms with van der Waals surface area (Å²) in [5.41, 5.74) is 1.99. The fourth-order valence-electron chi connectivity index (χ4n) is 3.66. The molecule has 1 aromatic carbocycles. The van der Waals surface area contributed by atoms with Gasteiger partial charge < -0.3 is 34.6 Å². The summed E-state index contributed by atoms with van der Waals surface area (Å²) in [5, 5.41) is 48.1. The highest BCUT2D eigenvalue weighted by Gasteiger charge is 2.43. The summed E-state index contributed by atoms with van der Waals surface area (Å²) in [7, 11) is 0. The summed E-state index contributed by atoms with van der Waals surface area (Å²) in [6, 6.07) is 5.44. The lowest BCUT2D eigenvalue weighted by Gasteiger charge is -2.40. The molecule has 194 valence electrons. The number of hydrogen-bond donors (Lipinski definition) is 4. The minimum atomic E-state index is -1.44. The fourth-order valence-corrected chi connectivity index (χ4v) is 3.66. The number of ether oxygens (including phenoxy) is 3. The molecule has 2 aromatic rings. The monoisotopic (exact) mass is 493 g/mol. The number of nitrogens with zero attached hydrogens (tertiary/aromatic N) is 3. The zero-order chi connectivity index (χ0) is 25.7. The van der Waals surface area contributed by atoms with Gasteiger partial charge in [-0.25, -0.2) is 4.68 Å². The Morgan fingerprint density at radius 3 is 2.43 bits per heavy atom. The average molecular weight is 494 g/mol. The summed E-state index contributed by atoms with van der Waals surface area (Å²) >= 11 is 0. The molecule has 0 spiro atoms. The van der Waals surface area contributed by atoms with E-state index in [0.29, 0.717) is 22.6 Å². The van der Waals surface area contributed by atoms with Crippen LogP contribution in [-0.4, -0.2) is 78.5 Å². The SMILES string of the molecule is CC(C)C(=O)OCc1ccc(C[C@@H]2O[C@H](CO)[C@@H](O)[C@H](O)[C@H]2O)cc1OCc1cn(C(C)C)nn1. The van der Waals surface area contributed by atoms with Gasteiger partial charge in [0.25, 0.3) is 0 Å². The highest BCUT2D eigenvalue weighted by Crippen LogP contribution is 2.28. The molecule has 2 heterocycles.